The van der Waals surface area contributed by atoms with E-state index in [0.29, 0.717) is 51.4 Å². The smallest absolute Gasteiger partial charge is 0.338 e. The Labute approximate surface area is 282 Å². The molecule has 0 atom stereocenters. The number of hydrogen-bond donors (Lipinski definition) is 4. The first kappa shape index (κ1) is 34.3. The minimum atomic E-state index is -0.387. The average Bonchev–Trinajstić information content (AvgIpc) is 3.13. The van der Waals surface area contributed by atoms with E-state index in [1.807, 2.05) is 109 Å². The van der Waals surface area contributed by atoms with Gasteiger partial charge in [-0.3, -0.25) is 9.68 Å². The molecule has 10 nitrogen and oxygen atoms in total. The summed E-state index contributed by atoms with van der Waals surface area (Å²) in [7, 11) is 0. The molecule has 0 radical (unpaired) electrons. The van der Waals surface area contributed by atoms with E-state index in [9.17, 15) is 9.59 Å². The molecule has 10 heteroatoms. The van der Waals surface area contributed by atoms with Gasteiger partial charge in [-0.2, -0.15) is 0 Å². The van der Waals surface area contributed by atoms with Crippen LogP contribution in [-0.2, 0) is 36.0 Å². The summed E-state index contributed by atoms with van der Waals surface area (Å²) in [5.41, 5.74) is 8.72. The van der Waals surface area contributed by atoms with E-state index in [2.05, 4.69) is 21.6 Å². The number of rotatable bonds is 16. The summed E-state index contributed by atoms with van der Waals surface area (Å²) in [6, 6.07) is 34.1. The van der Waals surface area contributed by atoms with Crippen molar-refractivity contribution in [1.29, 1.82) is 0 Å². The summed E-state index contributed by atoms with van der Waals surface area (Å²) in [5.74, 6) is 2.70. The maximum atomic E-state index is 12.0. The fourth-order valence-electron chi connectivity index (χ4n) is 5.36. The van der Waals surface area contributed by atoms with E-state index in [-0.39, 0.29) is 12.1 Å². The fourth-order valence-corrected chi connectivity index (χ4v) is 5.36. The topological polar surface area (TPSA) is 119 Å². The molecule has 4 amide bonds. The van der Waals surface area contributed by atoms with E-state index in [1.54, 1.807) is 0 Å². The standard InChI is InChI=1S/C38H44N4O6/c43-37(41-47-27-31-7-3-1-4-8-31)39-23-29-15-19-35(20-16-29)45-25-33-11-13-34(14-12-33)26-46-36-21-17-30(18-22-36)24-40-38(44)42-48-28-32-9-5-2-6-10-32/h1-10,15-22,33-34H,11-14,23-28H2,(H2,39,41,43)(H2,40,42,44). The molecule has 0 bridgehead atoms. The number of ether oxygens (including phenoxy) is 2. The van der Waals surface area contributed by atoms with E-state index < -0.39 is 0 Å². The van der Waals surface area contributed by atoms with E-state index in [4.69, 9.17) is 19.1 Å². The first-order valence-corrected chi connectivity index (χ1v) is 16.4. The van der Waals surface area contributed by atoms with Crippen molar-refractivity contribution < 1.29 is 28.7 Å². The third kappa shape index (κ3) is 12.3. The molecule has 252 valence electrons. The Hall–Kier alpha value is -5.06. The molecule has 0 spiro atoms. The molecule has 0 unspecified atom stereocenters. The summed E-state index contributed by atoms with van der Waals surface area (Å²) in [4.78, 5) is 34.5. The van der Waals surface area contributed by atoms with Crippen LogP contribution in [0.2, 0.25) is 0 Å². The van der Waals surface area contributed by atoms with E-state index >= 15 is 0 Å². The highest BCUT2D eigenvalue weighted by atomic mass is 16.7. The zero-order valence-corrected chi connectivity index (χ0v) is 27.1. The largest absolute Gasteiger partial charge is 0.493 e. The van der Waals surface area contributed by atoms with Gasteiger partial charge >= 0.3 is 12.1 Å². The third-order valence-corrected chi connectivity index (χ3v) is 8.18. The summed E-state index contributed by atoms with van der Waals surface area (Å²) in [5, 5.41) is 5.58. The number of hydroxylamine groups is 2. The van der Waals surface area contributed by atoms with Crippen LogP contribution in [0.1, 0.15) is 47.9 Å². The maximum absolute atomic E-state index is 12.0. The molecule has 1 aliphatic carbocycles. The van der Waals surface area contributed by atoms with Gasteiger partial charge in [0.2, 0.25) is 0 Å². The maximum Gasteiger partial charge on any atom is 0.338 e. The van der Waals surface area contributed by atoms with Crippen LogP contribution in [0.25, 0.3) is 0 Å². The highest BCUT2D eigenvalue weighted by Crippen LogP contribution is 2.30. The van der Waals surface area contributed by atoms with Crippen molar-refractivity contribution in [2.45, 2.75) is 52.0 Å². The van der Waals surface area contributed by atoms with Crippen molar-refractivity contribution in [2.24, 2.45) is 11.8 Å². The zero-order chi connectivity index (χ0) is 33.2. The predicted molar refractivity (Wildman–Crippen MR) is 183 cm³/mol. The molecule has 5 rings (SSSR count). The Bertz CT molecular complexity index is 1400. The summed E-state index contributed by atoms with van der Waals surface area (Å²) in [6.45, 7) is 2.77. The lowest BCUT2D eigenvalue weighted by atomic mass is 9.83. The lowest BCUT2D eigenvalue weighted by Crippen LogP contribution is -2.34. The van der Waals surface area contributed by atoms with Gasteiger partial charge in [0.15, 0.2) is 0 Å². The van der Waals surface area contributed by atoms with Gasteiger partial charge < -0.3 is 20.1 Å². The van der Waals surface area contributed by atoms with Crippen molar-refractivity contribution in [2.75, 3.05) is 13.2 Å². The quantitative estimate of drug-likeness (QED) is 0.0988. The normalized spacial score (nSPS) is 15.6. The summed E-state index contributed by atoms with van der Waals surface area (Å²) < 4.78 is 12.2. The second-order valence-corrected chi connectivity index (χ2v) is 11.9. The number of amides is 4. The van der Waals surface area contributed by atoms with Gasteiger partial charge in [-0.05, 0) is 84.0 Å². The Morgan fingerprint density at radius 1 is 0.500 bits per heavy atom. The number of hydrogen-bond acceptors (Lipinski definition) is 6. The molecular formula is C38H44N4O6. The molecule has 1 aliphatic rings. The Kier molecular flexibility index (Phi) is 13.5. The molecule has 0 heterocycles. The molecule has 4 aromatic carbocycles. The molecule has 1 fully saturated rings. The molecule has 0 saturated heterocycles. The number of urea groups is 2. The van der Waals surface area contributed by atoms with Crippen LogP contribution >= 0.6 is 0 Å². The van der Waals surface area contributed by atoms with Gasteiger partial charge in [-0.25, -0.2) is 20.5 Å². The van der Waals surface area contributed by atoms with Crippen molar-refractivity contribution in [3.05, 3.63) is 131 Å². The number of carbonyl (C=O) groups excluding carboxylic acids is 2. The first-order chi connectivity index (χ1) is 23.6. The first-order valence-electron chi connectivity index (χ1n) is 16.4. The Balaban J connectivity index is 0.896. The van der Waals surface area contributed by atoms with Gasteiger partial charge in [-0.1, -0.05) is 84.9 Å². The van der Waals surface area contributed by atoms with Crippen LogP contribution in [0.4, 0.5) is 9.59 Å². The number of nitrogens with one attached hydrogen (secondary N) is 4. The second-order valence-electron chi connectivity index (χ2n) is 11.9. The minimum absolute atomic E-state index is 0.306. The fraction of sp³-hybridized carbons (Fsp3) is 0.316. The lowest BCUT2D eigenvalue weighted by molar-refractivity contribution is 0.0489. The molecular weight excluding hydrogens is 608 g/mol. The van der Waals surface area contributed by atoms with Crippen molar-refractivity contribution in [3.63, 3.8) is 0 Å². The van der Waals surface area contributed by atoms with Crippen LogP contribution in [-0.4, -0.2) is 25.3 Å². The molecule has 48 heavy (non-hydrogen) atoms. The van der Waals surface area contributed by atoms with Crippen LogP contribution < -0.4 is 31.1 Å². The van der Waals surface area contributed by atoms with Gasteiger partial charge in [0.05, 0.1) is 26.4 Å². The van der Waals surface area contributed by atoms with E-state index in [0.717, 1.165) is 59.4 Å². The van der Waals surface area contributed by atoms with Gasteiger partial charge in [0.25, 0.3) is 0 Å². The van der Waals surface area contributed by atoms with Gasteiger partial charge in [-0.15, -0.1) is 0 Å². The van der Waals surface area contributed by atoms with Crippen molar-refractivity contribution in [3.8, 4) is 11.5 Å². The van der Waals surface area contributed by atoms with Crippen LogP contribution in [0.3, 0.4) is 0 Å². The Morgan fingerprint density at radius 2 is 0.875 bits per heavy atom. The molecule has 4 aromatic rings. The average molecular weight is 653 g/mol. The summed E-state index contributed by atoms with van der Waals surface area (Å²) in [6.07, 6.45) is 4.44. The van der Waals surface area contributed by atoms with Crippen molar-refractivity contribution >= 4 is 12.1 Å². The number of benzene rings is 4. The molecule has 0 aliphatic heterocycles. The highest BCUT2D eigenvalue weighted by molar-refractivity contribution is 5.73. The van der Waals surface area contributed by atoms with Crippen LogP contribution in [0.5, 0.6) is 11.5 Å². The second kappa shape index (κ2) is 18.9. The van der Waals surface area contributed by atoms with Crippen LogP contribution in [0, 0.1) is 11.8 Å². The van der Waals surface area contributed by atoms with Gasteiger partial charge in [0, 0.05) is 13.1 Å². The third-order valence-electron chi connectivity index (χ3n) is 8.18. The molecule has 4 N–H and O–H groups in total. The molecule has 0 aromatic heterocycles. The molecule has 1 saturated carbocycles. The summed E-state index contributed by atoms with van der Waals surface area (Å²) >= 11 is 0. The highest BCUT2D eigenvalue weighted by Gasteiger charge is 2.22. The monoisotopic (exact) mass is 652 g/mol. The Morgan fingerprint density at radius 3 is 1.25 bits per heavy atom. The van der Waals surface area contributed by atoms with E-state index in [1.165, 1.54) is 0 Å². The predicted octanol–water partition coefficient (Wildman–Crippen LogP) is 6.81. The van der Waals surface area contributed by atoms with Gasteiger partial charge in [0.1, 0.15) is 11.5 Å². The lowest BCUT2D eigenvalue weighted by Gasteiger charge is -2.28. The SMILES string of the molecule is O=C(NCc1ccc(OCC2CCC(COc3ccc(CNC(=O)NOCc4ccccc4)cc3)CC2)cc1)NOCc1ccccc1. The van der Waals surface area contributed by atoms with Crippen molar-refractivity contribution in [1.82, 2.24) is 21.6 Å². The zero-order valence-electron chi connectivity index (χ0n) is 27.1. The van der Waals surface area contributed by atoms with Crippen LogP contribution in [0.15, 0.2) is 109 Å². The number of carbonyl (C=O) groups is 2. The minimum Gasteiger partial charge on any atom is -0.493 e.